The second kappa shape index (κ2) is 6.06. The van der Waals surface area contributed by atoms with Gasteiger partial charge in [0.05, 0.1) is 11.4 Å². The zero-order valence-electron chi connectivity index (χ0n) is 11.0. The predicted molar refractivity (Wildman–Crippen MR) is 79.8 cm³/mol. The monoisotopic (exact) mass is 281 g/mol. The SMILES string of the molecule is CS(=O)CCCNc1cc2c(cc1N)CCC(=O)N2. The van der Waals surface area contributed by atoms with E-state index in [-0.39, 0.29) is 5.91 Å². The van der Waals surface area contributed by atoms with E-state index in [1.165, 1.54) is 0 Å². The Kier molecular flexibility index (Phi) is 4.42. The molecule has 1 unspecified atom stereocenters. The molecule has 1 aromatic rings. The van der Waals surface area contributed by atoms with Crippen molar-refractivity contribution in [1.82, 2.24) is 0 Å². The van der Waals surface area contributed by atoms with E-state index in [4.69, 9.17) is 5.73 Å². The van der Waals surface area contributed by atoms with Gasteiger partial charge in [-0.05, 0) is 30.5 Å². The van der Waals surface area contributed by atoms with Gasteiger partial charge in [0, 0.05) is 41.5 Å². The van der Waals surface area contributed by atoms with Gasteiger partial charge in [-0.1, -0.05) is 0 Å². The fourth-order valence-electron chi connectivity index (χ4n) is 2.10. The smallest absolute Gasteiger partial charge is 0.224 e. The maximum atomic E-state index is 11.4. The van der Waals surface area contributed by atoms with Crippen molar-refractivity contribution in [3.8, 4) is 0 Å². The summed E-state index contributed by atoms with van der Waals surface area (Å²) in [6.07, 6.45) is 3.77. The molecule has 5 nitrogen and oxygen atoms in total. The third-order valence-electron chi connectivity index (χ3n) is 3.09. The van der Waals surface area contributed by atoms with Crippen molar-refractivity contribution >= 4 is 33.8 Å². The number of aryl methyl sites for hydroxylation is 1. The van der Waals surface area contributed by atoms with Gasteiger partial charge in [-0.3, -0.25) is 9.00 Å². The Morgan fingerprint density at radius 2 is 2.21 bits per heavy atom. The molecule has 1 amide bonds. The molecule has 1 heterocycles. The van der Waals surface area contributed by atoms with E-state index in [1.54, 1.807) is 6.26 Å². The van der Waals surface area contributed by atoms with Crippen LogP contribution in [0.2, 0.25) is 0 Å². The number of nitrogens with one attached hydrogen (secondary N) is 2. The first kappa shape index (κ1) is 13.9. The van der Waals surface area contributed by atoms with Crippen molar-refractivity contribution in [2.24, 2.45) is 0 Å². The van der Waals surface area contributed by atoms with Crippen molar-refractivity contribution in [3.05, 3.63) is 17.7 Å². The number of nitrogen functional groups attached to an aromatic ring is 1. The molecule has 0 radical (unpaired) electrons. The number of benzene rings is 1. The van der Waals surface area contributed by atoms with Gasteiger partial charge in [-0.15, -0.1) is 0 Å². The molecular formula is C13H19N3O2S. The standard InChI is InChI=1S/C13H19N3O2S/c1-19(18)6-2-5-15-12-8-11-9(7-10(12)14)3-4-13(17)16-11/h7-8,15H,2-6,14H2,1H3,(H,16,17). The fraction of sp³-hybridized carbons (Fsp3) is 0.462. The Balaban J connectivity index is 2.02. The second-order valence-electron chi connectivity index (χ2n) is 4.70. The molecule has 0 fully saturated rings. The van der Waals surface area contributed by atoms with Gasteiger partial charge in [0.2, 0.25) is 5.91 Å². The van der Waals surface area contributed by atoms with Crippen LogP contribution in [-0.4, -0.2) is 28.7 Å². The first-order valence-electron chi connectivity index (χ1n) is 6.32. The van der Waals surface area contributed by atoms with Crippen molar-refractivity contribution in [1.29, 1.82) is 0 Å². The van der Waals surface area contributed by atoms with Gasteiger partial charge in [0.15, 0.2) is 0 Å². The highest BCUT2D eigenvalue weighted by Crippen LogP contribution is 2.30. The quantitative estimate of drug-likeness (QED) is 0.561. The molecule has 2 rings (SSSR count). The van der Waals surface area contributed by atoms with Crippen molar-refractivity contribution in [3.63, 3.8) is 0 Å². The molecule has 1 atom stereocenters. The van der Waals surface area contributed by atoms with Crippen LogP contribution < -0.4 is 16.4 Å². The molecule has 0 spiro atoms. The molecule has 0 saturated carbocycles. The van der Waals surface area contributed by atoms with E-state index in [9.17, 15) is 9.00 Å². The predicted octanol–water partition coefficient (Wildman–Crippen LogP) is 1.33. The normalized spacial score (nSPS) is 15.5. The van der Waals surface area contributed by atoms with E-state index < -0.39 is 10.8 Å². The lowest BCUT2D eigenvalue weighted by Crippen LogP contribution is -2.19. The Bertz CT molecular complexity index is 517. The Labute approximate surface area is 115 Å². The number of nitrogens with two attached hydrogens (primary N) is 1. The highest BCUT2D eigenvalue weighted by molar-refractivity contribution is 7.84. The highest BCUT2D eigenvalue weighted by atomic mass is 32.2. The van der Waals surface area contributed by atoms with E-state index in [2.05, 4.69) is 10.6 Å². The third-order valence-corrected chi connectivity index (χ3v) is 3.96. The summed E-state index contributed by atoms with van der Waals surface area (Å²) in [6, 6.07) is 3.79. The fourth-order valence-corrected chi connectivity index (χ4v) is 2.65. The summed E-state index contributed by atoms with van der Waals surface area (Å²) in [5, 5.41) is 6.08. The minimum atomic E-state index is -0.764. The molecule has 1 aliphatic heterocycles. The minimum Gasteiger partial charge on any atom is -0.397 e. The summed E-state index contributed by atoms with van der Waals surface area (Å²) < 4.78 is 11.0. The Morgan fingerprint density at radius 3 is 2.95 bits per heavy atom. The molecular weight excluding hydrogens is 262 g/mol. The van der Waals surface area contributed by atoms with Gasteiger partial charge in [0.25, 0.3) is 0 Å². The van der Waals surface area contributed by atoms with E-state index in [1.807, 2.05) is 12.1 Å². The molecule has 0 aliphatic carbocycles. The Hall–Kier alpha value is -1.56. The minimum absolute atomic E-state index is 0.0459. The van der Waals surface area contributed by atoms with Crippen LogP contribution in [0, 0.1) is 0 Å². The van der Waals surface area contributed by atoms with Crippen LogP contribution in [-0.2, 0) is 22.0 Å². The van der Waals surface area contributed by atoms with Gasteiger partial charge < -0.3 is 16.4 Å². The molecule has 0 saturated heterocycles. The van der Waals surface area contributed by atoms with E-state index in [0.717, 1.165) is 36.3 Å². The Morgan fingerprint density at radius 1 is 1.42 bits per heavy atom. The molecule has 0 bridgehead atoms. The summed E-state index contributed by atoms with van der Waals surface area (Å²) in [7, 11) is -0.764. The van der Waals surface area contributed by atoms with Gasteiger partial charge in [-0.2, -0.15) is 0 Å². The first-order chi connectivity index (χ1) is 9.06. The molecule has 4 N–H and O–H groups in total. The molecule has 1 aromatic carbocycles. The number of carbonyl (C=O) groups excluding carboxylic acids is 1. The van der Waals surface area contributed by atoms with Gasteiger partial charge >= 0.3 is 0 Å². The number of hydrogen-bond acceptors (Lipinski definition) is 4. The summed E-state index contributed by atoms with van der Waals surface area (Å²) in [5.41, 5.74) is 9.42. The number of fused-ring (bicyclic) bond motifs is 1. The van der Waals surface area contributed by atoms with Crippen LogP contribution >= 0.6 is 0 Å². The largest absolute Gasteiger partial charge is 0.397 e. The van der Waals surface area contributed by atoms with E-state index >= 15 is 0 Å². The zero-order valence-corrected chi connectivity index (χ0v) is 11.8. The second-order valence-corrected chi connectivity index (χ2v) is 6.26. The number of anilines is 3. The summed E-state index contributed by atoms with van der Waals surface area (Å²) in [6.45, 7) is 0.719. The summed E-state index contributed by atoms with van der Waals surface area (Å²) >= 11 is 0. The number of amides is 1. The van der Waals surface area contributed by atoms with Crippen molar-refractivity contribution in [2.45, 2.75) is 19.3 Å². The van der Waals surface area contributed by atoms with Crippen LogP contribution in [0.3, 0.4) is 0 Å². The summed E-state index contributed by atoms with van der Waals surface area (Å²) in [5.74, 6) is 0.721. The molecule has 0 aromatic heterocycles. The van der Waals surface area contributed by atoms with Crippen LogP contribution in [0.4, 0.5) is 17.1 Å². The van der Waals surface area contributed by atoms with Crippen LogP contribution in [0.5, 0.6) is 0 Å². The number of hydrogen-bond donors (Lipinski definition) is 3. The lowest BCUT2D eigenvalue weighted by molar-refractivity contribution is -0.116. The average Bonchev–Trinajstić information content (AvgIpc) is 2.35. The van der Waals surface area contributed by atoms with Crippen LogP contribution in [0.25, 0.3) is 0 Å². The number of rotatable bonds is 5. The molecule has 6 heteroatoms. The maximum absolute atomic E-state index is 11.4. The van der Waals surface area contributed by atoms with E-state index in [0.29, 0.717) is 17.9 Å². The van der Waals surface area contributed by atoms with Crippen LogP contribution in [0.15, 0.2) is 12.1 Å². The number of carbonyl (C=O) groups is 1. The first-order valence-corrected chi connectivity index (χ1v) is 8.05. The lowest BCUT2D eigenvalue weighted by atomic mass is 10.0. The summed E-state index contributed by atoms with van der Waals surface area (Å²) in [4.78, 5) is 11.4. The molecule has 1 aliphatic rings. The lowest BCUT2D eigenvalue weighted by Gasteiger charge is -2.19. The van der Waals surface area contributed by atoms with Gasteiger partial charge in [0.1, 0.15) is 0 Å². The van der Waals surface area contributed by atoms with Crippen molar-refractivity contribution < 1.29 is 9.00 Å². The van der Waals surface area contributed by atoms with Crippen LogP contribution in [0.1, 0.15) is 18.4 Å². The van der Waals surface area contributed by atoms with Crippen molar-refractivity contribution in [2.75, 3.05) is 34.9 Å². The van der Waals surface area contributed by atoms with Gasteiger partial charge in [-0.25, -0.2) is 0 Å². The topological polar surface area (TPSA) is 84.2 Å². The molecule has 104 valence electrons. The highest BCUT2D eigenvalue weighted by Gasteiger charge is 2.16. The zero-order chi connectivity index (χ0) is 13.8. The third kappa shape index (κ3) is 3.70. The molecule has 19 heavy (non-hydrogen) atoms. The average molecular weight is 281 g/mol. The maximum Gasteiger partial charge on any atom is 0.224 e.